The van der Waals surface area contributed by atoms with E-state index in [2.05, 4.69) is 4.98 Å². The third-order valence-corrected chi connectivity index (χ3v) is 2.47. The smallest absolute Gasteiger partial charge is 0.251 e. The molecule has 0 saturated carbocycles. The standard InChI is InChI=1S/C13H6F4N2/c14-10-3-1-8(6-18)11(5-10)9-2-4-12(19-7-9)13(15,16)17/h1-5,7H. The number of nitrogens with zero attached hydrogens (tertiary/aromatic N) is 2. The van der Waals surface area contributed by atoms with E-state index in [9.17, 15) is 17.6 Å². The van der Waals surface area contributed by atoms with Gasteiger partial charge in [0.15, 0.2) is 0 Å². The predicted molar refractivity (Wildman–Crippen MR) is 59.3 cm³/mol. The van der Waals surface area contributed by atoms with Gasteiger partial charge in [-0.05, 0) is 24.3 Å². The van der Waals surface area contributed by atoms with E-state index in [4.69, 9.17) is 5.26 Å². The molecule has 0 N–H and O–H groups in total. The number of hydrogen-bond donors (Lipinski definition) is 0. The maximum atomic E-state index is 13.1. The van der Waals surface area contributed by atoms with Crippen LogP contribution in [0.15, 0.2) is 36.5 Å². The number of rotatable bonds is 1. The van der Waals surface area contributed by atoms with Gasteiger partial charge in [0.05, 0.1) is 11.6 Å². The molecule has 0 atom stereocenters. The van der Waals surface area contributed by atoms with Crippen LogP contribution in [0.1, 0.15) is 11.3 Å². The fraction of sp³-hybridized carbons (Fsp3) is 0.0769. The van der Waals surface area contributed by atoms with Crippen molar-refractivity contribution in [2.75, 3.05) is 0 Å². The van der Waals surface area contributed by atoms with Crippen molar-refractivity contribution in [3.05, 3.63) is 53.6 Å². The first-order valence-electron chi connectivity index (χ1n) is 5.15. The van der Waals surface area contributed by atoms with Gasteiger partial charge in [-0.25, -0.2) is 4.39 Å². The van der Waals surface area contributed by atoms with Crippen LogP contribution in [-0.4, -0.2) is 4.98 Å². The Labute approximate surface area is 105 Å². The first-order valence-corrected chi connectivity index (χ1v) is 5.15. The first kappa shape index (κ1) is 13.0. The van der Waals surface area contributed by atoms with Crippen LogP contribution in [0.3, 0.4) is 0 Å². The molecule has 0 aliphatic heterocycles. The topological polar surface area (TPSA) is 36.7 Å². The van der Waals surface area contributed by atoms with E-state index in [1.807, 2.05) is 6.07 Å². The summed E-state index contributed by atoms with van der Waals surface area (Å²) in [6.07, 6.45) is -3.56. The summed E-state index contributed by atoms with van der Waals surface area (Å²) < 4.78 is 50.2. The summed E-state index contributed by atoms with van der Waals surface area (Å²) in [6, 6.07) is 7.26. The summed E-state index contributed by atoms with van der Waals surface area (Å²) in [5.41, 5.74) is -0.401. The normalized spacial score (nSPS) is 11.1. The zero-order valence-corrected chi connectivity index (χ0v) is 9.37. The lowest BCUT2D eigenvalue weighted by atomic mass is 10.0. The largest absolute Gasteiger partial charge is 0.433 e. The van der Waals surface area contributed by atoms with Gasteiger partial charge in [-0.1, -0.05) is 6.07 Å². The third kappa shape index (κ3) is 2.71. The van der Waals surface area contributed by atoms with Gasteiger partial charge in [0.1, 0.15) is 11.5 Å². The summed E-state index contributed by atoms with van der Waals surface area (Å²) >= 11 is 0. The Morgan fingerprint density at radius 3 is 2.37 bits per heavy atom. The molecule has 1 aromatic carbocycles. The Morgan fingerprint density at radius 2 is 1.84 bits per heavy atom. The average Bonchev–Trinajstić information content (AvgIpc) is 2.38. The highest BCUT2D eigenvalue weighted by Crippen LogP contribution is 2.30. The summed E-state index contributed by atoms with van der Waals surface area (Å²) in [6.45, 7) is 0. The molecule has 0 amide bonds. The molecule has 19 heavy (non-hydrogen) atoms. The number of nitriles is 1. The van der Waals surface area contributed by atoms with E-state index < -0.39 is 17.7 Å². The SMILES string of the molecule is N#Cc1ccc(F)cc1-c1ccc(C(F)(F)F)nc1. The highest BCUT2D eigenvalue weighted by atomic mass is 19.4. The van der Waals surface area contributed by atoms with Crippen molar-refractivity contribution in [1.29, 1.82) is 5.26 Å². The van der Waals surface area contributed by atoms with E-state index in [-0.39, 0.29) is 16.7 Å². The molecule has 0 unspecified atom stereocenters. The number of hydrogen-bond acceptors (Lipinski definition) is 2. The van der Waals surface area contributed by atoms with E-state index >= 15 is 0 Å². The molecule has 2 aromatic rings. The molecule has 2 rings (SSSR count). The minimum atomic E-state index is -4.53. The van der Waals surface area contributed by atoms with Crippen LogP contribution in [0.2, 0.25) is 0 Å². The van der Waals surface area contributed by atoms with Gasteiger partial charge >= 0.3 is 6.18 Å². The van der Waals surface area contributed by atoms with Crippen LogP contribution in [0, 0.1) is 17.1 Å². The van der Waals surface area contributed by atoms with Gasteiger partial charge in [-0.15, -0.1) is 0 Å². The summed E-state index contributed by atoms with van der Waals surface area (Å²) in [4.78, 5) is 3.27. The molecule has 0 fully saturated rings. The van der Waals surface area contributed by atoms with E-state index in [1.165, 1.54) is 6.07 Å². The molecule has 0 bridgehead atoms. The fourth-order valence-corrected chi connectivity index (χ4v) is 1.57. The number of pyridine rings is 1. The number of alkyl halides is 3. The molecule has 0 aliphatic rings. The number of halogens is 4. The highest BCUT2D eigenvalue weighted by Gasteiger charge is 2.32. The van der Waals surface area contributed by atoms with Crippen LogP contribution < -0.4 is 0 Å². The monoisotopic (exact) mass is 266 g/mol. The molecule has 1 heterocycles. The van der Waals surface area contributed by atoms with Crippen LogP contribution >= 0.6 is 0 Å². The molecule has 0 radical (unpaired) electrons. The Bertz CT molecular complexity index is 639. The molecule has 6 heteroatoms. The zero-order chi connectivity index (χ0) is 14.0. The minimum Gasteiger partial charge on any atom is -0.251 e. The quantitative estimate of drug-likeness (QED) is 0.736. The lowest BCUT2D eigenvalue weighted by Gasteiger charge is -2.07. The molecule has 96 valence electrons. The van der Waals surface area contributed by atoms with E-state index in [0.717, 1.165) is 30.5 Å². The molecule has 2 nitrogen and oxygen atoms in total. The zero-order valence-electron chi connectivity index (χ0n) is 9.37. The van der Waals surface area contributed by atoms with Gasteiger partial charge in [0.25, 0.3) is 0 Å². The van der Waals surface area contributed by atoms with Crippen LogP contribution in [0.25, 0.3) is 11.1 Å². The van der Waals surface area contributed by atoms with Crippen LogP contribution in [0.5, 0.6) is 0 Å². The van der Waals surface area contributed by atoms with Crippen LogP contribution in [0.4, 0.5) is 17.6 Å². The van der Waals surface area contributed by atoms with Gasteiger partial charge in [-0.2, -0.15) is 18.4 Å². The maximum Gasteiger partial charge on any atom is 0.433 e. The van der Waals surface area contributed by atoms with Crippen molar-refractivity contribution < 1.29 is 17.6 Å². The highest BCUT2D eigenvalue weighted by molar-refractivity contribution is 5.69. The minimum absolute atomic E-state index is 0.169. The third-order valence-electron chi connectivity index (χ3n) is 2.47. The summed E-state index contributed by atoms with van der Waals surface area (Å²) in [7, 11) is 0. The van der Waals surface area contributed by atoms with Crippen LogP contribution in [-0.2, 0) is 6.18 Å². The molecule has 0 aliphatic carbocycles. The molecular weight excluding hydrogens is 260 g/mol. The van der Waals surface area contributed by atoms with Crippen molar-refractivity contribution >= 4 is 0 Å². The van der Waals surface area contributed by atoms with Crippen molar-refractivity contribution in [2.24, 2.45) is 0 Å². The second-order valence-electron chi connectivity index (χ2n) is 3.73. The summed E-state index contributed by atoms with van der Waals surface area (Å²) in [5, 5.41) is 8.88. The molecule has 0 spiro atoms. The average molecular weight is 266 g/mol. The second-order valence-corrected chi connectivity index (χ2v) is 3.73. The lowest BCUT2D eigenvalue weighted by Crippen LogP contribution is -2.07. The summed E-state index contributed by atoms with van der Waals surface area (Å²) in [5.74, 6) is -0.575. The predicted octanol–water partition coefficient (Wildman–Crippen LogP) is 3.78. The molecule has 1 aromatic heterocycles. The first-order chi connectivity index (χ1) is 8.91. The Morgan fingerprint density at radius 1 is 1.11 bits per heavy atom. The van der Waals surface area contributed by atoms with Crippen molar-refractivity contribution in [2.45, 2.75) is 6.18 Å². The van der Waals surface area contributed by atoms with Gasteiger partial charge in [-0.3, -0.25) is 4.98 Å². The number of benzene rings is 1. The lowest BCUT2D eigenvalue weighted by molar-refractivity contribution is -0.141. The fourth-order valence-electron chi connectivity index (χ4n) is 1.57. The van der Waals surface area contributed by atoms with Crippen molar-refractivity contribution in [1.82, 2.24) is 4.98 Å². The van der Waals surface area contributed by atoms with Crippen molar-refractivity contribution in [3.8, 4) is 17.2 Å². The Kier molecular flexibility index (Phi) is 3.21. The van der Waals surface area contributed by atoms with Gasteiger partial charge in [0.2, 0.25) is 0 Å². The Hall–Kier alpha value is -2.42. The van der Waals surface area contributed by atoms with E-state index in [1.54, 1.807) is 0 Å². The van der Waals surface area contributed by atoms with Gasteiger partial charge < -0.3 is 0 Å². The molecule has 0 saturated heterocycles. The Balaban J connectivity index is 2.49. The second kappa shape index (κ2) is 4.69. The maximum absolute atomic E-state index is 13.1. The van der Waals surface area contributed by atoms with Crippen molar-refractivity contribution in [3.63, 3.8) is 0 Å². The molecular formula is C13H6F4N2. The van der Waals surface area contributed by atoms with E-state index in [0.29, 0.717) is 0 Å². The number of aromatic nitrogens is 1. The van der Waals surface area contributed by atoms with Gasteiger partial charge in [0, 0.05) is 17.3 Å².